The quantitative estimate of drug-likeness (QED) is 0.110. The van der Waals surface area contributed by atoms with Gasteiger partial charge in [-0.2, -0.15) is 0 Å². The second kappa shape index (κ2) is 17.4. The van der Waals surface area contributed by atoms with Gasteiger partial charge >= 0.3 is 21.3 Å². The lowest BCUT2D eigenvalue weighted by Gasteiger charge is -2.33. The Hall–Kier alpha value is -2.08. The van der Waals surface area contributed by atoms with Crippen molar-refractivity contribution in [2.24, 2.45) is 10.9 Å². The Morgan fingerprint density at radius 3 is 2.19 bits per heavy atom. The largest absolute Gasteiger partial charge is 0.446 e. The molecule has 1 rings (SSSR count). The fourth-order valence-electron chi connectivity index (χ4n) is 4.59. The Morgan fingerprint density at radius 2 is 1.70 bits per heavy atom. The van der Waals surface area contributed by atoms with Crippen molar-refractivity contribution in [1.82, 2.24) is 15.1 Å². The standard InChI is InChI=1S/C27H45ClN4O9P2/c1-8-24(22-14-13-21(28)17-23(22)29-7)32(19(5)12-11-15-31(9-2)10-3)27(34)41-20(6)16-18(4)25(33)30-26(42(35,36)37)43(38,39)40/h8,13-14,17-20,26H,7,9-12,15-16H2,1-6H3,(H,30,33)(H2,35,36,37)(H2,38,39,40)/b24-8+. The van der Waals surface area contributed by atoms with Gasteiger partial charge in [-0.15, -0.1) is 0 Å². The smallest absolute Gasteiger partial charge is 0.414 e. The molecule has 0 fully saturated rings. The van der Waals surface area contributed by atoms with Crippen LogP contribution in [-0.4, -0.2) is 85.4 Å². The molecule has 43 heavy (non-hydrogen) atoms. The zero-order chi connectivity index (χ0) is 33.1. The van der Waals surface area contributed by atoms with Gasteiger partial charge in [0.15, 0.2) is 0 Å². The van der Waals surface area contributed by atoms with E-state index in [9.17, 15) is 38.3 Å². The number of carbonyl (C=O) groups excluding carboxylic acids is 2. The summed E-state index contributed by atoms with van der Waals surface area (Å²) in [6.07, 6.45) is 1.56. The molecule has 244 valence electrons. The minimum absolute atomic E-state index is 0.0949. The molecule has 0 aromatic heterocycles. The van der Waals surface area contributed by atoms with Gasteiger partial charge in [0.2, 0.25) is 11.4 Å². The third-order valence-corrected chi connectivity index (χ3v) is 10.5. The molecule has 1 aromatic carbocycles. The highest BCUT2D eigenvalue weighted by Gasteiger charge is 2.45. The number of amides is 2. The van der Waals surface area contributed by atoms with Gasteiger partial charge in [-0.1, -0.05) is 38.4 Å². The molecule has 1 aromatic rings. The van der Waals surface area contributed by atoms with E-state index in [-0.39, 0.29) is 12.5 Å². The Kier molecular flexibility index (Phi) is 15.8. The van der Waals surface area contributed by atoms with Crippen molar-refractivity contribution in [2.45, 2.75) is 78.5 Å². The van der Waals surface area contributed by atoms with E-state index in [2.05, 4.69) is 30.5 Å². The van der Waals surface area contributed by atoms with Crippen molar-refractivity contribution >= 4 is 56.9 Å². The lowest BCUT2D eigenvalue weighted by molar-refractivity contribution is -0.125. The van der Waals surface area contributed by atoms with Crippen molar-refractivity contribution < 1.29 is 43.0 Å². The minimum Gasteiger partial charge on any atom is -0.446 e. The number of rotatable bonds is 17. The summed E-state index contributed by atoms with van der Waals surface area (Å²) < 4.78 is 28.8. The lowest BCUT2D eigenvalue weighted by atomic mass is 10.0. The number of nitrogens with zero attached hydrogens (tertiary/aromatic N) is 3. The Labute approximate surface area is 258 Å². The van der Waals surface area contributed by atoms with Gasteiger partial charge in [0.05, 0.1) is 11.4 Å². The molecular weight excluding hydrogens is 622 g/mol. The molecule has 16 heteroatoms. The summed E-state index contributed by atoms with van der Waals surface area (Å²) in [6.45, 7) is 17.0. The molecule has 0 radical (unpaired) electrons. The summed E-state index contributed by atoms with van der Waals surface area (Å²) in [7, 11) is -10.7. The molecule has 0 aliphatic rings. The van der Waals surface area contributed by atoms with Crippen molar-refractivity contribution in [3.05, 3.63) is 34.9 Å². The number of allylic oxidation sites excluding steroid dienone is 1. The summed E-state index contributed by atoms with van der Waals surface area (Å²) in [5, 5.41) is 2.20. The molecule has 3 unspecified atom stereocenters. The Morgan fingerprint density at radius 1 is 1.12 bits per heavy atom. The van der Waals surface area contributed by atoms with Crippen LogP contribution in [0.25, 0.3) is 5.70 Å². The van der Waals surface area contributed by atoms with Crippen LogP contribution in [0.2, 0.25) is 5.02 Å². The first-order valence-electron chi connectivity index (χ1n) is 14.0. The van der Waals surface area contributed by atoms with Gasteiger partial charge in [-0.05, 0) is 84.6 Å². The van der Waals surface area contributed by atoms with E-state index >= 15 is 0 Å². The first-order valence-corrected chi connectivity index (χ1v) is 17.7. The minimum atomic E-state index is -5.36. The van der Waals surface area contributed by atoms with Gasteiger partial charge in [0, 0.05) is 22.5 Å². The predicted molar refractivity (Wildman–Crippen MR) is 168 cm³/mol. The van der Waals surface area contributed by atoms with E-state index in [1.165, 1.54) is 11.8 Å². The number of ether oxygens (including phenoxy) is 1. The molecule has 0 heterocycles. The van der Waals surface area contributed by atoms with Crippen LogP contribution in [0.4, 0.5) is 10.5 Å². The number of aliphatic imine (C=N–C) groups is 1. The molecule has 5 N–H and O–H groups in total. The summed E-state index contributed by atoms with van der Waals surface area (Å²) in [5.74, 6) is -2.03. The normalized spacial score (nSPS) is 14.8. The monoisotopic (exact) mass is 666 g/mol. The lowest BCUT2D eigenvalue weighted by Crippen LogP contribution is -2.41. The van der Waals surface area contributed by atoms with Gasteiger partial charge < -0.3 is 34.5 Å². The van der Waals surface area contributed by atoms with Crippen LogP contribution in [-0.2, 0) is 18.7 Å². The first kappa shape index (κ1) is 38.9. The number of benzene rings is 1. The Balaban J connectivity index is 3.22. The number of hydrogen-bond acceptors (Lipinski definition) is 7. The molecule has 0 aliphatic carbocycles. The maximum absolute atomic E-state index is 13.7. The van der Waals surface area contributed by atoms with Crippen molar-refractivity contribution in [2.75, 3.05) is 19.6 Å². The van der Waals surface area contributed by atoms with Crippen molar-refractivity contribution in [3.8, 4) is 0 Å². The number of hydrogen-bond donors (Lipinski definition) is 5. The second-order valence-corrected chi connectivity index (χ2v) is 14.5. The Bertz CT molecular complexity index is 1210. The van der Waals surface area contributed by atoms with E-state index < -0.39 is 44.7 Å². The molecule has 0 aliphatic heterocycles. The highest BCUT2D eigenvalue weighted by Crippen LogP contribution is 2.58. The zero-order valence-electron chi connectivity index (χ0n) is 25.5. The SMILES string of the molecule is C=Nc1cc(Cl)ccc1/C(=C\C)N(C(=O)OC(C)CC(C)C(=O)NC(P(=O)(O)O)P(=O)(O)O)C(C)CCCN(CC)CC. The molecule has 13 nitrogen and oxygen atoms in total. The average molecular weight is 667 g/mol. The number of halogens is 1. The van der Waals surface area contributed by atoms with Gasteiger partial charge in [0.25, 0.3) is 0 Å². The van der Waals surface area contributed by atoms with Crippen molar-refractivity contribution in [1.29, 1.82) is 0 Å². The van der Waals surface area contributed by atoms with Crippen LogP contribution in [0.5, 0.6) is 0 Å². The molecule has 0 saturated carbocycles. The third-order valence-electron chi connectivity index (χ3n) is 6.91. The molecule has 2 amide bonds. The van der Waals surface area contributed by atoms with E-state index in [1.807, 2.05) is 6.92 Å². The van der Waals surface area contributed by atoms with E-state index in [4.69, 9.17) is 16.3 Å². The van der Waals surface area contributed by atoms with Gasteiger partial charge in [-0.3, -0.25) is 23.8 Å². The highest BCUT2D eigenvalue weighted by molar-refractivity contribution is 7.70. The van der Waals surface area contributed by atoms with Crippen LogP contribution in [0.1, 0.15) is 66.4 Å². The fourth-order valence-corrected chi connectivity index (χ4v) is 6.91. The highest BCUT2D eigenvalue weighted by atomic mass is 35.5. The van der Waals surface area contributed by atoms with Crippen LogP contribution in [0.3, 0.4) is 0 Å². The maximum atomic E-state index is 13.7. The number of carbonyl (C=O) groups is 2. The van der Waals surface area contributed by atoms with E-state index in [0.717, 1.165) is 26.1 Å². The van der Waals surface area contributed by atoms with E-state index in [1.54, 1.807) is 43.4 Å². The summed E-state index contributed by atoms with van der Waals surface area (Å²) in [4.78, 5) is 71.4. The second-order valence-electron chi connectivity index (χ2n) is 10.3. The van der Waals surface area contributed by atoms with Gasteiger partial charge in [0.1, 0.15) is 6.10 Å². The molecule has 0 saturated heterocycles. The predicted octanol–water partition coefficient (Wildman–Crippen LogP) is 5.15. The van der Waals surface area contributed by atoms with Crippen molar-refractivity contribution in [3.63, 3.8) is 0 Å². The summed E-state index contributed by atoms with van der Waals surface area (Å²) >= 11 is 6.16. The summed E-state index contributed by atoms with van der Waals surface area (Å²) in [6, 6.07) is 4.73. The molecule has 3 atom stereocenters. The molecular formula is C27H45ClN4O9P2. The fraction of sp³-hybridized carbons (Fsp3) is 0.593. The van der Waals surface area contributed by atoms with Crippen LogP contribution >= 0.6 is 26.8 Å². The maximum Gasteiger partial charge on any atom is 0.414 e. The molecule has 0 bridgehead atoms. The van der Waals surface area contributed by atoms with Gasteiger partial charge in [-0.25, -0.2) is 4.79 Å². The van der Waals surface area contributed by atoms with Crippen LogP contribution in [0.15, 0.2) is 29.3 Å². The van der Waals surface area contributed by atoms with E-state index in [0.29, 0.717) is 28.4 Å². The first-order chi connectivity index (χ1) is 19.9. The van der Waals surface area contributed by atoms with Crippen LogP contribution < -0.4 is 5.32 Å². The molecule has 0 spiro atoms. The average Bonchev–Trinajstić information content (AvgIpc) is 2.90. The van der Waals surface area contributed by atoms with Crippen LogP contribution in [0, 0.1) is 5.92 Å². The number of nitrogens with one attached hydrogen (secondary N) is 1. The summed E-state index contributed by atoms with van der Waals surface area (Å²) in [5.41, 5.74) is -1.08. The third kappa shape index (κ3) is 12.1. The topological polar surface area (TPSA) is 189 Å². The zero-order valence-corrected chi connectivity index (χ0v) is 28.1.